The molecule has 3 heterocycles. The number of fused-ring (bicyclic) bond motifs is 1. The topological polar surface area (TPSA) is 96.4 Å². The van der Waals surface area contributed by atoms with Crippen molar-refractivity contribution in [1.29, 1.82) is 0 Å². The number of likely N-dealkylation sites (tertiary alicyclic amines) is 1. The van der Waals surface area contributed by atoms with Crippen molar-refractivity contribution in [2.75, 3.05) is 26.3 Å². The first-order valence-corrected chi connectivity index (χ1v) is 14.5. The molecule has 7 atom stereocenters. The number of aliphatic hydroxyl groups is 1. The predicted octanol–water partition coefficient (Wildman–Crippen LogP) is 3.87. The third kappa shape index (κ3) is 5.31. The number of amides is 2. The van der Waals surface area contributed by atoms with Crippen LogP contribution in [-0.2, 0) is 23.9 Å². The largest absolute Gasteiger partial charge is 0.465 e. The van der Waals surface area contributed by atoms with E-state index in [9.17, 15) is 19.5 Å². The van der Waals surface area contributed by atoms with E-state index >= 15 is 0 Å². The number of unbranched alkanes of at least 4 members (excludes halogenated alkanes) is 3. The second-order valence-electron chi connectivity index (χ2n) is 11.5. The molecule has 1 spiro atoms. The van der Waals surface area contributed by atoms with Crippen LogP contribution in [-0.4, -0.2) is 82.3 Å². The van der Waals surface area contributed by atoms with Gasteiger partial charge in [0.05, 0.1) is 30.8 Å². The summed E-state index contributed by atoms with van der Waals surface area (Å²) < 4.78 is 12.3. The maximum absolute atomic E-state index is 14.4. The minimum atomic E-state index is -1.13. The van der Waals surface area contributed by atoms with Gasteiger partial charge in [-0.25, -0.2) is 0 Å². The first kappa shape index (κ1) is 30.4. The summed E-state index contributed by atoms with van der Waals surface area (Å²) in [7, 11) is 0. The van der Waals surface area contributed by atoms with Crippen LogP contribution < -0.4 is 0 Å². The summed E-state index contributed by atoms with van der Waals surface area (Å²) in [6.45, 7) is 16.4. The fourth-order valence-corrected chi connectivity index (χ4v) is 6.84. The van der Waals surface area contributed by atoms with Crippen LogP contribution in [0.25, 0.3) is 0 Å². The summed E-state index contributed by atoms with van der Waals surface area (Å²) in [4.78, 5) is 45.5. The van der Waals surface area contributed by atoms with Gasteiger partial charge in [0.2, 0.25) is 11.8 Å². The van der Waals surface area contributed by atoms with Gasteiger partial charge in [0.1, 0.15) is 17.6 Å². The fraction of sp³-hybridized carbons (Fsp3) is 0.767. The number of ether oxygens (including phenoxy) is 2. The SMILES string of the molecule is C=CCCCOC(=O)[C@H]1[C@H]2C(=O)N([C@@H](CO)[C@@H](C)CC)C(C(=O)N(CC=C)CCCCC)C23CC[C@]1(C)O3. The molecule has 0 radical (unpaired) electrons. The molecule has 8 heteroatoms. The molecule has 1 N–H and O–H groups in total. The average molecular weight is 533 g/mol. The van der Waals surface area contributed by atoms with Crippen LogP contribution in [0.15, 0.2) is 25.3 Å². The van der Waals surface area contributed by atoms with Crippen LogP contribution in [0.1, 0.15) is 79.1 Å². The Labute approximate surface area is 228 Å². The Morgan fingerprint density at radius 3 is 2.58 bits per heavy atom. The molecular weight excluding hydrogens is 484 g/mol. The van der Waals surface area contributed by atoms with Gasteiger partial charge in [-0.3, -0.25) is 14.4 Å². The molecule has 2 amide bonds. The molecule has 0 aliphatic carbocycles. The smallest absolute Gasteiger partial charge is 0.312 e. The van der Waals surface area contributed by atoms with E-state index in [1.807, 2.05) is 20.8 Å². The lowest BCUT2D eigenvalue weighted by Gasteiger charge is -2.41. The molecule has 0 aromatic rings. The average Bonchev–Trinajstić information content (AvgIpc) is 3.47. The van der Waals surface area contributed by atoms with E-state index in [0.29, 0.717) is 32.4 Å². The van der Waals surface area contributed by atoms with Crippen molar-refractivity contribution in [3.63, 3.8) is 0 Å². The zero-order valence-corrected chi connectivity index (χ0v) is 23.8. The molecule has 0 aromatic heterocycles. The second-order valence-corrected chi connectivity index (χ2v) is 11.5. The first-order valence-electron chi connectivity index (χ1n) is 14.5. The molecule has 8 nitrogen and oxygen atoms in total. The normalized spacial score (nSPS) is 31.1. The molecule has 38 heavy (non-hydrogen) atoms. The summed E-state index contributed by atoms with van der Waals surface area (Å²) in [5.41, 5.74) is -2.00. The Hall–Kier alpha value is -2.19. The van der Waals surface area contributed by atoms with Crippen LogP contribution in [0.5, 0.6) is 0 Å². The summed E-state index contributed by atoms with van der Waals surface area (Å²) >= 11 is 0. The van der Waals surface area contributed by atoms with Crippen LogP contribution in [0.3, 0.4) is 0 Å². The van der Waals surface area contributed by atoms with E-state index in [1.165, 1.54) is 0 Å². The van der Waals surface area contributed by atoms with Crippen molar-refractivity contribution < 1.29 is 29.0 Å². The molecule has 3 aliphatic heterocycles. The summed E-state index contributed by atoms with van der Waals surface area (Å²) in [5.74, 6) is -2.58. The Bertz CT molecular complexity index is 892. The van der Waals surface area contributed by atoms with Gasteiger partial charge < -0.3 is 24.4 Å². The maximum Gasteiger partial charge on any atom is 0.312 e. The highest BCUT2D eigenvalue weighted by Gasteiger charge is 2.79. The van der Waals surface area contributed by atoms with Gasteiger partial charge in [-0.2, -0.15) is 0 Å². The number of nitrogens with zero attached hydrogens (tertiary/aromatic N) is 2. The predicted molar refractivity (Wildman–Crippen MR) is 146 cm³/mol. The number of rotatable bonds is 16. The molecule has 2 bridgehead atoms. The number of esters is 1. The zero-order chi connectivity index (χ0) is 28.1. The van der Waals surface area contributed by atoms with E-state index in [1.54, 1.807) is 22.0 Å². The number of carbonyl (C=O) groups excluding carboxylic acids is 3. The van der Waals surface area contributed by atoms with E-state index in [4.69, 9.17) is 9.47 Å². The minimum absolute atomic E-state index is 0.0421. The van der Waals surface area contributed by atoms with Crippen LogP contribution in [0.2, 0.25) is 0 Å². The van der Waals surface area contributed by atoms with E-state index in [-0.39, 0.29) is 30.9 Å². The van der Waals surface area contributed by atoms with Crippen molar-refractivity contribution in [2.24, 2.45) is 17.8 Å². The number of hydrogen-bond donors (Lipinski definition) is 1. The number of carbonyl (C=O) groups is 3. The lowest BCUT2D eigenvalue weighted by Crippen LogP contribution is -2.60. The highest BCUT2D eigenvalue weighted by atomic mass is 16.6. The standard InChI is InChI=1S/C30H48N2O6/c1-7-11-13-18-31(17-9-3)27(35)25-30-16-15-29(6,38-30)24(28(36)37-19-14-12-8-2)23(30)26(34)32(25)22(20-33)21(5)10-4/h8-9,21-25,33H,2-3,7,10-20H2,1,4-6H3/t21-,22-,23-,24+,25?,29-,30?/m0/s1. The Morgan fingerprint density at radius 1 is 1.24 bits per heavy atom. The Kier molecular flexibility index (Phi) is 10.2. The summed E-state index contributed by atoms with van der Waals surface area (Å²) in [6, 6.07) is -1.46. The lowest BCUT2D eigenvalue weighted by molar-refractivity contribution is -0.162. The number of allylic oxidation sites excluding steroid dienone is 1. The molecule has 0 saturated carbocycles. The van der Waals surface area contributed by atoms with Gasteiger partial charge in [-0.1, -0.05) is 52.2 Å². The molecule has 2 unspecified atom stereocenters. The molecule has 3 rings (SSSR count). The van der Waals surface area contributed by atoms with Crippen LogP contribution in [0.4, 0.5) is 0 Å². The highest BCUT2D eigenvalue weighted by molar-refractivity contribution is 5.98. The van der Waals surface area contributed by atoms with Crippen molar-refractivity contribution in [3.05, 3.63) is 25.3 Å². The summed E-state index contributed by atoms with van der Waals surface area (Å²) in [5, 5.41) is 10.5. The van der Waals surface area contributed by atoms with Gasteiger partial charge in [-0.15, -0.1) is 13.2 Å². The highest BCUT2D eigenvalue weighted by Crippen LogP contribution is 2.64. The van der Waals surface area contributed by atoms with Crippen molar-refractivity contribution in [2.45, 2.75) is 102 Å². The molecule has 3 aliphatic rings. The third-order valence-corrected chi connectivity index (χ3v) is 9.04. The van der Waals surface area contributed by atoms with Gasteiger partial charge in [0, 0.05) is 13.1 Å². The fourth-order valence-electron chi connectivity index (χ4n) is 6.84. The van der Waals surface area contributed by atoms with Crippen LogP contribution >= 0.6 is 0 Å². The Morgan fingerprint density at radius 2 is 1.97 bits per heavy atom. The number of aliphatic hydroxyl groups excluding tert-OH is 1. The third-order valence-electron chi connectivity index (χ3n) is 9.04. The first-order chi connectivity index (χ1) is 18.2. The van der Waals surface area contributed by atoms with Crippen LogP contribution in [0, 0.1) is 17.8 Å². The van der Waals surface area contributed by atoms with Crippen molar-refractivity contribution in [3.8, 4) is 0 Å². The Balaban J connectivity index is 2.04. The van der Waals surface area contributed by atoms with E-state index in [0.717, 1.165) is 32.1 Å². The van der Waals surface area contributed by atoms with Crippen molar-refractivity contribution in [1.82, 2.24) is 9.80 Å². The molecule has 3 fully saturated rings. The van der Waals surface area contributed by atoms with Gasteiger partial charge in [0.15, 0.2) is 0 Å². The second kappa shape index (κ2) is 12.8. The van der Waals surface area contributed by atoms with E-state index < -0.39 is 41.1 Å². The van der Waals surface area contributed by atoms with Gasteiger partial charge in [-0.05, 0) is 44.9 Å². The van der Waals surface area contributed by atoms with Crippen molar-refractivity contribution >= 4 is 17.8 Å². The van der Waals surface area contributed by atoms with E-state index in [2.05, 4.69) is 20.1 Å². The molecule has 214 valence electrons. The molecule has 0 aromatic carbocycles. The molecule has 3 saturated heterocycles. The summed E-state index contributed by atoms with van der Waals surface area (Å²) in [6.07, 6.45) is 9.52. The minimum Gasteiger partial charge on any atom is -0.465 e. The van der Waals surface area contributed by atoms with Gasteiger partial charge >= 0.3 is 5.97 Å². The molecular formula is C30H48N2O6. The number of hydrogen-bond acceptors (Lipinski definition) is 6. The maximum atomic E-state index is 14.4. The van der Waals surface area contributed by atoms with Gasteiger partial charge in [0.25, 0.3) is 0 Å². The lowest BCUT2D eigenvalue weighted by atomic mass is 9.66. The quantitative estimate of drug-likeness (QED) is 0.184. The zero-order valence-electron chi connectivity index (χ0n) is 23.8. The monoisotopic (exact) mass is 532 g/mol.